The predicted octanol–water partition coefficient (Wildman–Crippen LogP) is 5.76. The van der Waals surface area contributed by atoms with Gasteiger partial charge in [-0.15, -0.1) is 0 Å². The monoisotopic (exact) mass is 363 g/mol. The first-order chi connectivity index (χ1) is 9.97. The van der Waals surface area contributed by atoms with E-state index in [1.807, 2.05) is 6.07 Å². The van der Waals surface area contributed by atoms with Crippen LogP contribution in [-0.4, -0.2) is 12.6 Å². The molecule has 1 fully saturated rings. The number of rotatable bonds is 3. The van der Waals surface area contributed by atoms with Crippen LogP contribution >= 0.6 is 15.9 Å². The number of halogens is 4. The van der Waals surface area contributed by atoms with Gasteiger partial charge in [0.2, 0.25) is 0 Å². The minimum atomic E-state index is -4.30. The van der Waals surface area contributed by atoms with Crippen LogP contribution in [0.2, 0.25) is 0 Å². The largest absolute Gasteiger partial charge is 0.416 e. The highest BCUT2D eigenvalue weighted by Crippen LogP contribution is 2.36. The van der Waals surface area contributed by atoms with E-state index < -0.39 is 11.7 Å². The summed E-state index contributed by atoms with van der Waals surface area (Å²) in [6.07, 6.45) is 1.13. The Balaban J connectivity index is 2.38. The van der Waals surface area contributed by atoms with Gasteiger partial charge in [0.15, 0.2) is 0 Å². The van der Waals surface area contributed by atoms with Gasteiger partial charge in [-0.25, -0.2) is 0 Å². The summed E-state index contributed by atoms with van der Waals surface area (Å²) >= 11 is 3.15. The molecule has 118 valence electrons. The van der Waals surface area contributed by atoms with Crippen LogP contribution < -0.4 is 4.90 Å². The molecule has 0 aromatic heterocycles. The summed E-state index contributed by atoms with van der Waals surface area (Å²) in [6.45, 7) is 2.96. The molecule has 0 spiro atoms. The molecule has 0 amide bonds. The van der Waals surface area contributed by atoms with E-state index in [2.05, 4.69) is 27.8 Å². The molecule has 1 aromatic rings. The van der Waals surface area contributed by atoms with Crippen LogP contribution in [0, 0.1) is 0 Å². The summed E-state index contributed by atoms with van der Waals surface area (Å²) in [6, 6.07) is 5.11. The van der Waals surface area contributed by atoms with Crippen molar-refractivity contribution in [2.75, 3.05) is 11.4 Å². The van der Waals surface area contributed by atoms with Crippen LogP contribution in [0.1, 0.15) is 50.2 Å². The molecule has 1 heterocycles. The molecule has 1 saturated heterocycles. The second kappa shape index (κ2) is 7.03. The van der Waals surface area contributed by atoms with Gasteiger partial charge in [-0.2, -0.15) is 13.2 Å². The number of alkyl halides is 4. The quantitative estimate of drug-likeness (QED) is 0.617. The van der Waals surface area contributed by atoms with Crippen LogP contribution in [0.4, 0.5) is 18.9 Å². The van der Waals surface area contributed by atoms with Gasteiger partial charge >= 0.3 is 6.18 Å². The topological polar surface area (TPSA) is 3.24 Å². The maximum atomic E-state index is 13.2. The van der Waals surface area contributed by atoms with E-state index in [9.17, 15) is 13.2 Å². The SMILES string of the molecule is CCC1CCCCCN1c1ccc(CBr)c(C(F)(F)F)c1. The Labute approximate surface area is 132 Å². The zero-order valence-corrected chi connectivity index (χ0v) is 13.8. The molecule has 21 heavy (non-hydrogen) atoms. The fourth-order valence-electron chi connectivity index (χ4n) is 3.07. The lowest BCUT2D eigenvalue weighted by molar-refractivity contribution is -0.138. The minimum absolute atomic E-state index is 0.222. The Morgan fingerprint density at radius 2 is 2.00 bits per heavy atom. The molecule has 2 rings (SSSR count). The van der Waals surface area contributed by atoms with Gasteiger partial charge in [0.05, 0.1) is 5.56 Å². The van der Waals surface area contributed by atoms with Crippen molar-refractivity contribution in [3.63, 3.8) is 0 Å². The summed E-state index contributed by atoms with van der Waals surface area (Å²) < 4.78 is 39.6. The molecule has 1 nitrogen and oxygen atoms in total. The predicted molar refractivity (Wildman–Crippen MR) is 84.0 cm³/mol. The lowest BCUT2D eigenvalue weighted by Gasteiger charge is -2.32. The number of nitrogens with zero attached hydrogens (tertiary/aromatic N) is 1. The van der Waals surface area contributed by atoms with E-state index in [4.69, 9.17) is 0 Å². The van der Waals surface area contributed by atoms with E-state index >= 15 is 0 Å². The standard InChI is InChI=1S/C16H21BrF3N/c1-2-13-6-4-3-5-9-21(13)14-8-7-12(11-17)15(10-14)16(18,19)20/h7-8,10,13H,2-6,9,11H2,1H3. The summed E-state index contributed by atoms with van der Waals surface area (Å²) in [4.78, 5) is 2.17. The molecular formula is C16H21BrF3N. The first-order valence-electron chi connectivity index (χ1n) is 7.50. The number of hydrogen-bond donors (Lipinski definition) is 0. The van der Waals surface area contributed by atoms with Crippen LogP contribution in [0.5, 0.6) is 0 Å². The molecule has 0 radical (unpaired) electrons. The van der Waals surface area contributed by atoms with E-state index in [0.29, 0.717) is 17.3 Å². The van der Waals surface area contributed by atoms with Crippen LogP contribution in [-0.2, 0) is 11.5 Å². The molecule has 0 N–H and O–H groups in total. The highest BCUT2D eigenvalue weighted by atomic mass is 79.9. The average molecular weight is 364 g/mol. The van der Waals surface area contributed by atoms with E-state index in [-0.39, 0.29) is 5.33 Å². The lowest BCUT2D eigenvalue weighted by atomic mass is 10.0. The first-order valence-corrected chi connectivity index (χ1v) is 8.62. The second-order valence-corrected chi connectivity index (χ2v) is 6.14. The summed E-state index contributed by atoms with van der Waals surface area (Å²) in [5.74, 6) is 0. The number of benzene rings is 1. The van der Waals surface area contributed by atoms with Crippen molar-refractivity contribution in [2.45, 2.75) is 56.6 Å². The molecule has 1 atom stereocenters. The molecule has 1 aliphatic rings. The third-order valence-corrected chi connectivity index (χ3v) is 4.83. The molecule has 0 bridgehead atoms. The van der Waals surface area contributed by atoms with Crippen molar-refractivity contribution < 1.29 is 13.2 Å². The smallest absolute Gasteiger partial charge is 0.369 e. The molecule has 1 unspecified atom stereocenters. The van der Waals surface area contributed by atoms with Crippen molar-refractivity contribution in [3.8, 4) is 0 Å². The Morgan fingerprint density at radius 3 is 2.62 bits per heavy atom. The Bertz CT molecular complexity index is 473. The molecule has 1 aliphatic heterocycles. The molecular weight excluding hydrogens is 343 g/mol. The van der Waals surface area contributed by atoms with Gasteiger partial charge in [0.25, 0.3) is 0 Å². The van der Waals surface area contributed by atoms with Gasteiger partial charge in [0.1, 0.15) is 0 Å². The van der Waals surface area contributed by atoms with E-state index in [1.54, 1.807) is 6.07 Å². The van der Waals surface area contributed by atoms with E-state index in [1.165, 1.54) is 18.9 Å². The molecule has 1 aromatic carbocycles. The van der Waals surface area contributed by atoms with Crippen LogP contribution in [0.25, 0.3) is 0 Å². The Kier molecular flexibility index (Phi) is 5.58. The normalized spacial score (nSPS) is 20.4. The minimum Gasteiger partial charge on any atom is -0.369 e. The van der Waals surface area contributed by atoms with Gasteiger partial charge in [-0.05, 0) is 37.0 Å². The fraction of sp³-hybridized carbons (Fsp3) is 0.625. The third-order valence-electron chi connectivity index (χ3n) is 4.22. The average Bonchev–Trinajstić information content (AvgIpc) is 2.70. The molecule has 0 saturated carbocycles. The Morgan fingerprint density at radius 1 is 1.24 bits per heavy atom. The highest BCUT2D eigenvalue weighted by Gasteiger charge is 2.34. The van der Waals surface area contributed by atoms with Gasteiger partial charge < -0.3 is 4.90 Å². The van der Waals surface area contributed by atoms with Crippen molar-refractivity contribution >= 4 is 21.6 Å². The third kappa shape index (κ3) is 3.93. The maximum Gasteiger partial charge on any atom is 0.416 e. The van der Waals surface area contributed by atoms with Crippen molar-refractivity contribution in [1.82, 2.24) is 0 Å². The highest BCUT2D eigenvalue weighted by molar-refractivity contribution is 9.08. The zero-order valence-electron chi connectivity index (χ0n) is 12.2. The summed E-state index contributed by atoms with van der Waals surface area (Å²) in [7, 11) is 0. The fourth-order valence-corrected chi connectivity index (χ4v) is 3.55. The van der Waals surface area contributed by atoms with Crippen LogP contribution in [0.3, 0.4) is 0 Å². The molecule has 5 heteroatoms. The lowest BCUT2D eigenvalue weighted by Crippen LogP contribution is -2.34. The van der Waals surface area contributed by atoms with Gasteiger partial charge in [-0.3, -0.25) is 0 Å². The summed E-state index contributed by atoms with van der Waals surface area (Å²) in [5.41, 5.74) is 0.492. The molecule has 0 aliphatic carbocycles. The maximum absolute atomic E-state index is 13.2. The van der Waals surface area contributed by atoms with Gasteiger partial charge in [0, 0.05) is 23.6 Å². The zero-order chi connectivity index (χ0) is 15.5. The Hall–Kier alpha value is -0.710. The van der Waals surface area contributed by atoms with Crippen LogP contribution in [0.15, 0.2) is 18.2 Å². The second-order valence-electron chi connectivity index (χ2n) is 5.58. The van der Waals surface area contributed by atoms with Crippen molar-refractivity contribution in [1.29, 1.82) is 0 Å². The van der Waals surface area contributed by atoms with Gasteiger partial charge in [-0.1, -0.05) is 41.8 Å². The number of hydrogen-bond acceptors (Lipinski definition) is 1. The first kappa shape index (κ1) is 16.7. The van der Waals surface area contributed by atoms with Crippen molar-refractivity contribution in [3.05, 3.63) is 29.3 Å². The van der Waals surface area contributed by atoms with Crippen molar-refractivity contribution in [2.24, 2.45) is 0 Å². The van der Waals surface area contributed by atoms with E-state index in [0.717, 1.165) is 25.8 Å². The summed E-state index contributed by atoms with van der Waals surface area (Å²) in [5, 5.41) is 0.222. The number of anilines is 1.